The number of nitrogens with one attached hydrogen (secondary N) is 1. The molecule has 0 radical (unpaired) electrons. The molecule has 90 valence electrons. The zero-order valence-electron chi connectivity index (χ0n) is 8.61. The van der Waals surface area contributed by atoms with Gasteiger partial charge in [-0.25, -0.2) is 13.6 Å². The van der Waals surface area contributed by atoms with E-state index in [0.29, 0.717) is 6.07 Å². The van der Waals surface area contributed by atoms with Crippen LogP contribution in [0.25, 0.3) is 0 Å². The summed E-state index contributed by atoms with van der Waals surface area (Å²) >= 11 is 0. The molecule has 2 unspecified atom stereocenters. The van der Waals surface area contributed by atoms with Crippen molar-refractivity contribution >= 4 is 11.9 Å². The van der Waals surface area contributed by atoms with Gasteiger partial charge in [0.2, 0.25) is 5.91 Å². The second kappa shape index (κ2) is 4.12. The first kappa shape index (κ1) is 11.5. The molecule has 1 saturated heterocycles. The quantitative estimate of drug-likeness (QED) is 0.812. The van der Waals surface area contributed by atoms with Crippen LogP contribution in [0.5, 0.6) is 0 Å². The van der Waals surface area contributed by atoms with Crippen LogP contribution >= 0.6 is 0 Å². The van der Waals surface area contributed by atoms with Crippen molar-refractivity contribution in [3.63, 3.8) is 0 Å². The van der Waals surface area contributed by atoms with Gasteiger partial charge in [0.25, 0.3) is 0 Å². The molecule has 1 heterocycles. The van der Waals surface area contributed by atoms with Crippen LogP contribution in [0.15, 0.2) is 18.2 Å². The Morgan fingerprint density at radius 3 is 2.71 bits per heavy atom. The van der Waals surface area contributed by atoms with Crippen molar-refractivity contribution in [2.45, 2.75) is 18.4 Å². The van der Waals surface area contributed by atoms with E-state index in [-0.39, 0.29) is 12.0 Å². The molecule has 2 N–H and O–H groups in total. The Hall–Kier alpha value is -1.98. The van der Waals surface area contributed by atoms with E-state index >= 15 is 0 Å². The molecular weight excluding hydrogens is 232 g/mol. The Morgan fingerprint density at radius 1 is 1.41 bits per heavy atom. The van der Waals surface area contributed by atoms with E-state index < -0.39 is 35.5 Å². The van der Waals surface area contributed by atoms with E-state index in [0.717, 1.165) is 6.07 Å². The normalized spacial score (nSPS) is 23.5. The summed E-state index contributed by atoms with van der Waals surface area (Å²) in [6, 6.07) is 1.73. The Kier molecular flexibility index (Phi) is 2.79. The summed E-state index contributed by atoms with van der Waals surface area (Å²) in [5, 5.41) is 11.1. The number of carbonyl (C=O) groups is 2. The molecule has 1 aliphatic rings. The SMILES string of the molecule is O=C1CC(c2ccc(F)cc2F)C(C(=O)O)N1. The molecule has 1 fully saturated rings. The van der Waals surface area contributed by atoms with Gasteiger partial charge in [-0.2, -0.15) is 0 Å². The van der Waals surface area contributed by atoms with Crippen LogP contribution in [-0.2, 0) is 9.59 Å². The van der Waals surface area contributed by atoms with Gasteiger partial charge in [-0.1, -0.05) is 6.07 Å². The smallest absolute Gasteiger partial charge is 0.326 e. The number of hydrogen-bond acceptors (Lipinski definition) is 2. The molecule has 6 heteroatoms. The van der Waals surface area contributed by atoms with Crippen LogP contribution in [0.2, 0.25) is 0 Å². The molecular formula is C11H9F2NO3. The van der Waals surface area contributed by atoms with E-state index in [1.807, 2.05) is 0 Å². The van der Waals surface area contributed by atoms with E-state index in [9.17, 15) is 18.4 Å². The first-order valence-electron chi connectivity index (χ1n) is 4.96. The van der Waals surface area contributed by atoms with Crippen LogP contribution in [0.4, 0.5) is 8.78 Å². The highest BCUT2D eigenvalue weighted by molar-refractivity contribution is 5.89. The third kappa shape index (κ3) is 2.11. The first-order chi connectivity index (χ1) is 7.99. The number of amides is 1. The van der Waals surface area contributed by atoms with Gasteiger partial charge in [-0.15, -0.1) is 0 Å². The van der Waals surface area contributed by atoms with Crippen LogP contribution in [-0.4, -0.2) is 23.0 Å². The molecule has 1 aliphatic heterocycles. The van der Waals surface area contributed by atoms with Crippen LogP contribution in [0, 0.1) is 11.6 Å². The zero-order chi connectivity index (χ0) is 12.6. The van der Waals surface area contributed by atoms with Gasteiger partial charge in [0.15, 0.2) is 0 Å². The maximum Gasteiger partial charge on any atom is 0.326 e. The monoisotopic (exact) mass is 241 g/mol. The summed E-state index contributed by atoms with van der Waals surface area (Å²) < 4.78 is 26.2. The highest BCUT2D eigenvalue weighted by Gasteiger charge is 2.39. The topological polar surface area (TPSA) is 66.4 Å². The molecule has 17 heavy (non-hydrogen) atoms. The number of carboxylic acids is 1. The summed E-state index contributed by atoms with van der Waals surface area (Å²) in [6.45, 7) is 0. The summed E-state index contributed by atoms with van der Waals surface area (Å²) in [6.07, 6.45) is -0.112. The Labute approximate surface area is 95.2 Å². The average Bonchev–Trinajstić information content (AvgIpc) is 2.60. The number of hydrogen-bond donors (Lipinski definition) is 2. The summed E-state index contributed by atoms with van der Waals surface area (Å²) in [4.78, 5) is 22.0. The maximum atomic E-state index is 13.5. The minimum absolute atomic E-state index is 0.0390. The van der Waals surface area contributed by atoms with Crippen molar-refractivity contribution < 1.29 is 23.5 Å². The zero-order valence-corrected chi connectivity index (χ0v) is 8.61. The Bertz CT molecular complexity index is 490. The molecule has 0 aliphatic carbocycles. The standard InChI is InChI=1S/C11H9F2NO3/c12-5-1-2-6(8(13)3-5)7-4-9(15)14-10(7)11(16)17/h1-3,7,10H,4H2,(H,14,15)(H,16,17). The number of carboxylic acid groups (broad SMARTS) is 1. The van der Waals surface area contributed by atoms with Crippen molar-refractivity contribution in [1.82, 2.24) is 5.32 Å². The van der Waals surface area contributed by atoms with Gasteiger partial charge in [-0.3, -0.25) is 4.79 Å². The third-order valence-corrected chi connectivity index (χ3v) is 2.75. The molecule has 1 amide bonds. The number of benzene rings is 1. The van der Waals surface area contributed by atoms with Crippen molar-refractivity contribution in [2.75, 3.05) is 0 Å². The van der Waals surface area contributed by atoms with E-state index in [1.54, 1.807) is 0 Å². The maximum absolute atomic E-state index is 13.5. The van der Waals surface area contributed by atoms with Crippen LogP contribution < -0.4 is 5.32 Å². The highest BCUT2D eigenvalue weighted by Crippen LogP contribution is 2.30. The van der Waals surface area contributed by atoms with Gasteiger partial charge in [0.1, 0.15) is 17.7 Å². The Balaban J connectivity index is 2.38. The summed E-state index contributed by atoms with van der Waals surface area (Å²) in [7, 11) is 0. The molecule has 0 aromatic heterocycles. The molecule has 0 bridgehead atoms. The predicted molar refractivity (Wildman–Crippen MR) is 53.3 cm³/mol. The van der Waals surface area contributed by atoms with Crippen LogP contribution in [0.1, 0.15) is 17.9 Å². The van der Waals surface area contributed by atoms with E-state index in [2.05, 4.69) is 5.32 Å². The lowest BCUT2D eigenvalue weighted by molar-refractivity contribution is -0.140. The number of rotatable bonds is 2. The van der Waals surface area contributed by atoms with Crippen molar-refractivity contribution in [3.8, 4) is 0 Å². The van der Waals surface area contributed by atoms with E-state index in [4.69, 9.17) is 5.11 Å². The fourth-order valence-electron chi connectivity index (χ4n) is 1.98. The van der Waals surface area contributed by atoms with Crippen LogP contribution in [0.3, 0.4) is 0 Å². The second-order valence-corrected chi connectivity index (χ2v) is 3.86. The fraction of sp³-hybridized carbons (Fsp3) is 0.273. The molecule has 4 nitrogen and oxygen atoms in total. The molecule has 0 saturated carbocycles. The lowest BCUT2D eigenvalue weighted by Crippen LogP contribution is -2.36. The lowest BCUT2D eigenvalue weighted by Gasteiger charge is -2.15. The van der Waals surface area contributed by atoms with Gasteiger partial charge in [0.05, 0.1) is 0 Å². The second-order valence-electron chi connectivity index (χ2n) is 3.86. The van der Waals surface area contributed by atoms with Gasteiger partial charge in [0, 0.05) is 18.4 Å². The largest absolute Gasteiger partial charge is 0.480 e. The molecule has 2 atom stereocenters. The molecule has 0 spiro atoms. The minimum atomic E-state index is -1.23. The number of halogens is 2. The van der Waals surface area contributed by atoms with Gasteiger partial charge >= 0.3 is 5.97 Å². The van der Waals surface area contributed by atoms with E-state index in [1.165, 1.54) is 6.07 Å². The number of carbonyl (C=O) groups excluding carboxylic acids is 1. The highest BCUT2D eigenvalue weighted by atomic mass is 19.1. The van der Waals surface area contributed by atoms with Crippen molar-refractivity contribution in [1.29, 1.82) is 0 Å². The molecule has 1 aromatic carbocycles. The third-order valence-electron chi connectivity index (χ3n) is 2.75. The molecule has 2 rings (SSSR count). The summed E-state index contributed by atoms with van der Waals surface area (Å²) in [5.74, 6) is -4.07. The van der Waals surface area contributed by atoms with Gasteiger partial charge < -0.3 is 10.4 Å². The van der Waals surface area contributed by atoms with Crippen molar-refractivity contribution in [3.05, 3.63) is 35.4 Å². The fourth-order valence-corrected chi connectivity index (χ4v) is 1.98. The first-order valence-corrected chi connectivity index (χ1v) is 4.96. The average molecular weight is 241 g/mol. The summed E-state index contributed by atoms with van der Waals surface area (Å²) in [5.41, 5.74) is 0.0390. The predicted octanol–water partition coefficient (Wildman–Crippen LogP) is 1.02. The van der Waals surface area contributed by atoms with Gasteiger partial charge in [-0.05, 0) is 11.6 Å². The minimum Gasteiger partial charge on any atom is -0.480 e. The van der Waals surface area contributed by atoms with Crippen molar-refractivity contribution in [2.24, 2.45) is 0 Å². The lowest BCUT2D eigenvalue weighted by atomic mass is 9.91. The molecule has 1 aromatic rings. The Morgan fingerprint density at radius 2 is 2.12 bits per heavy atom. The number of aliphatic carboxylic acids is 1.